The smallest absolute Gasteiger partial charge is 0.0953 e. The molecular formula is C19H26N2. The molecule has 0 bridgehead atoms. The molecule has 0 saturated carbocycles. The van der Waals surface area contributed by atoms with Crippen LogP contribution in [0.15, 0.2) is 36.8 Å². The molecule has 0 aliphatic carbocycles. The molecule has 0 aliphatic rings. The fourth-order valence-corrected chi connectivity index (χ4v) is 2.65. The fraction of sp³-hybridized carbons (Fsp3) is 0.421. The highest BCUT2D eigenvalue weighted by Gasteiger charge is 2.01. The molecule has 2 heteroatoms. The number of imidazole rings is 1. The minimum Gasteiger partial charge on any atom is -0.337 e. The van der Waals surface area contributed by atoms with Crippen molar-refractivity contribution in [3.63, 3.8) is 0 Å². The van der Waals surface area contributed by atoms with Crippen LogP contribution >= 0.6 is 0 Å². The predicted molar refractivity (Wildman–Crippen MR) is 90.4 cm³/mol. The van der Waals surface area contributed by atoms with Gasteiger partial charge in [0.1, 0.15) is 0 Å². The normalized spacial score (nSPS) is 11.4. The van der Waals surface area contributed by atoms with Crippen molar-refractivity contribution < 1.29 is 0 Å². The lowest BCUT2D eigenvalue weighted by atomic mass is 9.97. The first-order chi connectivity index (χ1) is 10.2. The molecule has 0 saturated heterocycles. The quantitative estimate of drug-likeness (QED) is 0.657. The van der Waals surface area contributed by atoms with Gasteiger partial charge in [0, 0.05) is 12.7 Å². The zero-order valence-electron chi connectivity index (χ0n) is 13.5. The summed E-state index contributed by atoms with van der Waals surface area (Å²) in [5, 5.41) is 0. The summed E-state index contributed by atoms with van der Waals surface area (Å²) in [6, 6.07) is 6.57. The van der Waals surface area contributed by atoms with Crippen molar-refractivity contribution in [3.05, 3.63) is 59.2 Å². The van der Waals surface area contributed by atoms with Crippen molar-refractivity contribution in [1.82, 2.24) is 9.55 Å². The van der Waals surface area contributed by atoms with E-state index in [1.807, 2.05) is 6.33 Å². The van der Waals surface area contributed by atoms with Gasteiger partial charge in [0.05, 0.1) is 12.0 Å². The maximum absolute atomic E-state index is 4.35. The van der Waals surface area contributed by atoms with Crippen LogP contribution in [0.25, 0.3) is 6.08 Å². The van der Waals surface area contributed by atoms with Gasteiger partial charge in [-0.3, -0.25) is 0 Å². The molecule has 0 unspecified atom stereocenters. The number of rotatable bonds is 7. The first-order valence-electron chi connectivity index (χ1n) is 7.94. The highest BCUT2D eigenvalue weighted by Crippen LogP contribution is 2.16. The molecule has 1 aromatic heterocycles. The van der Waals surface area contributed by atoms with E-state index in [9.17, 15) is 0 Å². The van der Waals surface area contributed by atoms with Crippen LogP contribution in [-0.2, 0) is 13.0 Å². The van der Waals surface area contributed by atoms with Gasteiger partial charge >= 0.3 is 0 Å². The third-order valence-corrected chi connectivity index (χ3v) is 4.00. The highest BCUT2D eigenvalue weighted by atomic mass is 15.0. The van der Waals surface area contributed by atoms with Crippen LogP contribution in [-0.4, -0.2) is 9.55 Å². The summed E-state index contributed by atoms with van der Waals surface area (Å²) >= 11 is 0. The third-order valence-electron chi connectivity index (χ3n) is 4.00. The number of aromatic nitrogens is 2. The van der Waals surface area contributed by atoms with Gasteiger partial charge in [0.15, 0.2) is 0 Å². The molecule has 0 aliphatic heterocycles. The van der Waals surface area contributed by atoms with Crippen LogP contribution in [0, 0.1) is 13.8 Å². The number of allylic oxidation sites excluding steroid dienone is 1. The van der Waals surface area contributed by atoms with Gasteiger partial charge in [0.25, 0.3) is 0 Å². The molecule has 2 rings (SSSR count). The Morgan fingerprint density at radius 2 is 1.90 bits per heavy atom. The SMILES string of the molecule is CCn1cnc(C=CCCCCc2c(C)cccc2C)c1. The molecule has 2 aromatic rings. The predicted octanol–water partition coefficient (Wildman–Crippen LogP) is 4.95. The zero-order valence-corrected chi connectivity index (χ0v) is 13.5. The van der Waals surface area contributed by atoms with E-state index in [2.05, 4.69) is 66.9 Å². The van der Waals surface area contributed by atoms with E-state index in [4.69, 9.17) is 0 Å². The van der Waals surface area contributed by atoms with E-state index in [-0.39, 0.29) is 0 Å². The molecular weight excluding hydrogens is 256 g/mol. The van der Waals surface area contributed by atoms with Gasteiger partial charge in [-0.25, -0.2) is 4.98 Å². The second kappa shape index (κ2) is 7.82. The van der Waals surface area contributed by atoms with E-state index in [0.29, 0.717) is 0 Å². The highest BCUT2D eigenvalue weighted by molar-refractivity contribution is 5.42. The lowest BCUT2D eigenvalue weighted by Gasteiger charge is -2.08. The number of nitrogens with zero attached hydrogens (tertiary/aromatic N) is 2. The van der Waals surface area contributed by atoms with Crippen molar-refractivity contribution in [2.75, 3.05) is 0 Å². The molecule has 0 radical (unpaired) electrons. The van der Waals surface area contributed by atoms with Crippen molar-refractivity contribution in [3.8, 4) is 0 Å². The monoisotopic (exact) mass is 282 g/mol. The first kappa shape index (κ1) is 15.6. The Hall–Kier alpha value is -1.83. The van der Waals surface area contributed by atoms with Gasteiger partial charge in [-0.1, -0.05) is 24.3 Å². The Balaban J connectivity index is 1.72. The Bertz CT molecular complexity index is 573. The summed E-state index contributed by atoms with van der Waals surface area (Å²) in [4.78, 5) is 4.35. The number of hydrogen-bond acceptors (Lipinski definition) is 1. The maximum Gasteiger partial charge on any atom is 0.0953 e. The molecule has 2 nitrogen and oxygen atoms in total. The number of benzene rings is 1. The van der Waals surface area contributed by atoms with E-state index in [1.54, 1.807) is 0 Å². The van der Waals surface area contributed by atoms with Crippen LogP contribution in [0.5, 0.6) is 0 Å². The standard InChI is InChI=1S/C19H26N2/c1-4-21-14-18(20-15-21)12-7-5-6-8-13-19-16(2)10-9-11-17(19)3/h7,9-12,14-15H,4-6,8,13H2,1-3H3. The van der Waals surface area contributed by atoms with E-state index in [1.165, 1.54) is 36.0 Å². The Labute approximate surface area is 128 Å². The molecule has 0 amide bonds. The van der Waals surface area contributed by atoms with E-state index < -0.39 is 0 Å². The lowest BCUT2D eigenvalue weighted by Crippen LogP contribution is -1.93. The van der Waals surface area contributed by atoms with Crippen LogP contribution in [0.2, 0.25) is 0 Å². The molecule has 1 heterocycles. The van der Waals surface area contributed by atoms with Gasteiger partial charge in [-0.15, -0.1) is 0 Å². The molecule has 0 fully saturated rings. The van der Waals surface area contributed by atoms with Crippen LogP contribution in [0.4, 0.5) is 0 Å². The summed E-state index contributed by atoms with van der Waals surface area (Å²) in [6.45, 7) is 7.54. The average molecular weight is 282 g/mol. The minimum atomic E-state index is 0.983. The molecule has 0 N–H and O–H groups in total. The van der Waals surface area contributed by atoms with Crippen molar-refractivity contribution in [1.29, 1.82) is 0 Å². The van der Waals surface area contributed by atoms with Gasteiger partial charge < -0.3 is 4.57 Å². The molecule has 0 spiro atoms. The summed E-state index contributed by atoms with van der Waals surface area (Å²) in [6.07, 6.45) is 13.2. The third kappa shape index (κ3) is 4.59. The fourth-order valence-electron chi connectivity index (χ4n) is 2.65. The summed E-state index contributed by atoms with van der Waals surface area (Å²) in [7, 11) is 0. The van der Waals surface area contributed by atoms with Gasteiger partial charge in [-0.2, -0.15) is 0 Å². The maximum atomic E-state index is 4.35. The number of aryl methyl sites for hydroxylation is 3. The van der Waals surface area contributed by atoms with Crippen molar-refractivity contribution in [2.45, 2.75) is 53.0 Å². The van der Waals surface area contributed by atoms with Gasteiger partial charge in [0.2, 0.25) is 0 Å². The molecule has 1 aromatic carbocycles. The van der Waals surface area contributed by atoms with Gasteiger partial charge in [-0.05, 0) is 69.2 Å². The summed E-state index contributed by atoms with van der Waals surface area (Å²) in [5.74, 6) is 0. The van der Waals surface area contributed by atoms with Crippen LogP contribution in [0.3, 0.4) is 0 Å². The van der Waals surface area contributed by atoms with Crippen molar-refractivity contribution in [2.24, 2.45) is 0 Å². The topological polar surface area (TPSA) is 17.8 Å². The minimum absolute atomic E-state index is 0.983. The van der Waals surface area contributed by atoms with E-state index >= 15 is 0 Å². The molecule has 0 atom stereocenters. The van der Waals surface area contributed by atoms with Crippen LogP contribution in [0.1, 0.15) is 48.6 Å². The Morgan fingerprint density at radius 1 is 1.14 bits per heavy atom. The average Bonchev–Trinajstić information content (AvgIpc) is 2.93. The first-order valence-corrected chi connectivity index (χ1v) is 7.94. The molecule has 112 valence electrons. The summed E-state index contributed by atoms with van der Waals surface area (Å²) in [5.41, 5.74) is 5.45. The largest absolute Gasteiger partial charge is 0.337 e. The Kier molecular flexibility index (Phi) is 5.79. The van der Waals surface area contributed by atoms with Crippen LogP contribution < -0.4 is 0 Å². The summed E-state index contributed by atoms with van der Waals surface area (Å²) < 4.78 is 2.10. The van der Waals surface area contributed by atoms with Crippen molar-refractivity contribution >= 4 is 6.08 Å². The second-order valence-corrected chi connectivity index (χ2v) is 5.65. The Morgan fingerprint density at radius 3 is 2.57 bits per heavy atom. The second-order valence-electron chi connectivity index (χ2n) is 5.65. The zero-order chi connectivity index (χ0) is 15.1. The number of unbranched alkanes of at least 4 members (excludes halogenated alkanes) is 2. The lowest BCUT2D eigenvalue weighted by molar-refractivity contribution is 0.743. The van der Waals surface area contributed by atoms with E-state index in [0.717, 1.165) is 18.7 Å². The number of hydrogen-bond donors (Lipinski definition) is 0. The molecule has 21 heavy (non-hydrogen) atoms.